The second-order valence-electron chi connectivity index (χ2n) is 6.23. The smallest absolute Gasteiger partial charge is 0.163 e. The molecule has 1 aliphatic rings. The van der Waals surface area contributed by atoms with E-state index < -0.39 is 0 Å². The highest BCUT2D eigenvalue weighted by atomic mass is 16.5. The van der Waals surface area contributed by atoms with Gasteiger partial charge in [0.25, 0.3) is 0 Å². The standard InChI is InChI=1S/C20H24N2O3/c1-3-4-11-25-20-13-17(21-23)16(12-19(20)24-2)14-22-10-9-15-7-5-6-8-18(15)22/h5-8,12-13H,3-4,9-11,14H2,1-2H3. The van der Waals surface area contributed by atoms with Gasteiger partial charge in [-0.1, -0.05) is 31.5 Å². The first-order valence-electron chi connectivity index (χ1n) is 8.76. The fourth-order valence-electron chi connectivity index (χ4n) is 3.18. The van der Waals surface area contributed by atoms with Gasteiger partial charge in [0.15, 0.2) is 11.5 Å². The highest BCUT2D eigenvalue weighted by Crippen LogP contribution is 2.37. The summed E-state index contributed by atoms with van der Waals surface area (Å²) in [4.78, 5) is 13.6. The van der Waals surface area contributed by atoms with E-state index in [-0.39, 0.29) is 0 Å². The van der Waals surface area contributed by atoms with Crippen LogP contribution in [-0.4, -0.2) is 20.3 Å². The van der Waals surface area contributed by atoms with Gasteiger partial charge >= 0.3 is 0 Å². The molecule has 0 fully saturated rings. The third-order valence-corrected chi connectivity index (χ3v) is 4.56. The van der Waals surface area contributed by atoms with E-state index in [0.29, 0.717) is 30.3 Å². The largest absolute Gasteiger partial charge is 0.493 e. The number of para-hydroxylation sites is 1. The molecule has 0 saturated heterocycles. The molecule has 2 aromatic carbocycles. The maximum Gasteiger partial charge on any atom is 0.163 e. The highest BCUT2D eigenvalue weighted by molar-refractivity contribution is 5.62. The average molecular weight is 340 g/mol. The summed E-state index contributed by atoms with van der Waals surface area (Å²) >= 11 is 0. The van der Waals surface area contributed by atoms with Crippen molar-refractivity contribution in [2.45, 2.75) is 32.7 Å². The molecular weight excluding hydrogens is 316 g/mol. The lowest BCUT2D eigenvalue weighted by atomic mass is 10.1. The summed E-state index contributed by atoms with van der Waals surface area (Å²) in [5.74, 6) is 1.22. The molecule has 5 heteroatoms. The average Bonchev–Trinajstić information content (AvgIpc) is 3.05. The van der Waals surface area contributed by atoms with E-state index in [1.165, 1.54) is 11.3 Å². The van der Waals surface area contributed by atoms with Crippen LogP contribution in [-0.2, 0) is 13.0 Å². The lowest BCUT2D eigenvalue weighted by Crippen LogP contribution is -2.19. The number of rotatable bonds is 8. The summed E-state index contributed by atoms with van der Waals surface area (Å²) in [5, 5.41) is 3.22. The zero-order valence-electron chi connectivity index (χ0n) is 14.8. The Morgan fingerprint density at radius 2 is 2.04 bits per heavy atom. The van der Waals surface area contributed by atoms with Gasteiger partial charge in [0.2, 0.25) is 0 Å². The van der Waals surface area contributed by atoms with Gasteiger partial charge in [-0.2, -0.15) is 0 Å². The Labute approximate surface area is 148 Å². The molecule has 0 atom stereocenters. The normalized spacial score (nSPS) is 12.8. The van der Waals surface area contributed by atoms with Gasteiger partial charge in [0.05, 0.1) is 13.7 Å². The van der Waals surface area contributed by atoms with Crippen molar-refractivity contribution < 1.29 is 9.47 Å². The van der Waals surface area contributed by atoms with Crippen molar-refractivity contribution in [3.05, 3.63) is 52.4 Å². The molecule has 3 rings (SSSR count). The van der Waals surface area contributed by atoms with Crippen LogP contribution in [0.3, 0.4) is 0 Å². The van der Waals surface area contributed by atoms with Gasteiger partial charge in [0.1, 0.15) is 5.69 Å². The number of hydrogen-bond donors (Lipinski definition) is 0. The van der Waals surface area contributed by atoms with Gasteiger partial charge in [-0.15, -0.1) is 4.91 Å². The molecular formula is C20H24N2O3. The van der Waals surface area contributed by atoms with Crippen LogP contribution in [0.1, 0.15) is 30.9 Å². The molecule has 2 aromatic rings. The van der Waals surface area contributed by atoms with Crippen molar-refractivity contribution in [2.75, 3.05) is 25.2 Å². The van der Waals surface area contributed by atoms with Gasteiger partial charge < -0.3 is 14.4 Å². The first-order valence-corrected chi connectivity index (χ1v) is 8.76. The van der Waals surface area contributed by atoms with E-state index in [9.17, 15) is 4.91 Å². The van der Waals surface area contributed by atoms with Crippen molar-refractivity contribution >= 4 is 11.4 Å². The van der Waals surface area contributed by atoms with Gasteiger partial charge in [-0.3, -0.25) is 0 Å². The molecule has 0 unspecified atom stereocenters. The monoisotopic (exact) mass is 340 g/mol. The van der Waals surface area contributed by atoms with Crippen molar-refractivity contribution in [2.24, 2.45) is 5.18 Å². The van der Waals surface area contributed by atoms with E-state index in [4.69, 9.17) is 9.47 Å². The lowest BCUT2D eigenvalue weighted by Gasteiger charge is -2.21. The van der Waals surface area contributed by atoms with Crippen LogP contribution in [0.2, 0.25) is 0 Å². The number of hydrogen-bond acceptors (Lipinski definition) is 5. The molecule has 0 aliphatic carbocycles. The molecule has 132 valence electrons. The second kappa shape index (κ2) is 8.01. The van der Waals surface area contributed by atoms with Crippen LogP contribution < -0.4 is 14.4 Å². The predicted molar refractivity (Wildman–Crippen MR) is 100 cm³/mol. The Morgan fingerprint density at radius 3 is 2.80 bits per heavy atom. The zero-order valence-corrected chi connectivity index (χ0v) is 14.8. The van der Waals surface area contributed by atoms with Crippen LogP contribution >= 0.6 is 0 Å². The molecule has 0 N–H and O–H groups in total. The van der Waals surface area contributed by atoms with Crippen molar-refractivity contribution in [1.82, 2.24) is 0 Å². The summed E-state index contributed by atoms with van der Waals surface area (Å²) in [6, 6.07) is 11.9. The van der Waals surface area contributed by atoms with Crippen LogP contribution in [0.25, 0.3) is 0 Å². The Hall–Kier alpha value is -2.56. The van der Waals surface area contributed by atoms with Gasteiger partial charge in [-0.25, -0.2) is 0 Å². The van der Waals surface area contributed by atoms with Crippen LogP contribution in [0.4, 0.5) is 11.4 Å². The quantitative estimate of drug-likeness (QED) is 0.510. The van der Waals surface area contributed by atoms with E-state index in [1.807, 2.05) is 12.1 Å². The molecule has 0 amide bonds. The third kappa shape index (κ3) is 3.76. The second-order valence-corrected chi connectivity index (χ2v) is 6.23. The number of methoxy groups -OCH3 is 1. The maximum absolute atomic E-state index is 11.4. The third-order valence-electron chi connectivity index (χ3n) is 4.56. The van der Waals surface area contributed by atoms with Crippen molar-refractivity contribution in [3.63, 3.8) is 0 Å². The van der Waals surface area contributed by atoms with Crippen LogP contribution in [0.15, 0.2) is 41.6 Å². The number of ether oxygens (including phenoxy) is 2. The summed E-state index contributed by atoms with van der Waals surface area (Å²) in [6.07, 6.45) is 3.03. The number of anilines is 1. The predicted octanol–water partition coefficient (Wildman–Crippen LogP) is 4.83. The minimum absolute atomic E-state index is 0.414. The molecule has 0 bridgehead atoms. The Bertz CT molecular complexity index is 746. The minimum atomic E-state index is 0.414. The first-order chi connectivity index (χ1) is 12.3. The van der Waals surface area contributed by atoms with Crippen molar-refractivity contribution in [3.8, 4) is 11.5 Å². The number of nitroso groups, excluding NO2 is 1. The molecule has 0 radical (unpaired) electrons. The zero-order chi connectivity index (χ0) is 17.6. The number of nitrogens with zero attached hydrogens (tertiary/aromatic N) is 2. The summed E-state index contributed by atoms with van der Waals surface area (Å²) in [6.45, 7) is 4.28. The fraction of sp³-hybridized carbons (Fsp3) is 0.400. The topological polar surface area (TPSA) is 51.1 Å². The lowest BCUT2D eigenvalue weighted by molar-refractivity contribution is 0.288. The molecule has 0 spiro atoms. The van der Waals surface area contributed by atoms with Crippen LogP contribution in [0, 0.1) is 4.91 Å². The first kappa shape index (κ1) is 17.3. The van der Waals surface area contributed by atoms with Gasteiger partial charge in [-0.05, 0) is 35.7 Å². The number of fused-ring (bicyclic) bond motifs is 1. The molecule has 1 heterocycles. The van der Waals surface area contributed by atoms with Gasteiger partial charge in [0, 0.05) is 30.4 Å². The maximum atomic E-state index is 11.4. The van der Waals surface area contributed by atoms with E-state index in [0.717, 1.165) is 31.4 Å². The molecule has 25 heavy (non-hydrogen) atoms. The number of benzene rings is 2. The van der Waals surface area contributed by atoms with Crippen molar-refractivity contribution in [1.29, 1.82) is 0 Å². The van der Waals surface area contributed by atoms with E-state index in [1.54, 1.807) is 13.2 Å². The summed E-state index contributed by atoms with van der Waals surface area (Å²) in [7, 11) is 1.62. The Kier molecular flexibility index (Phi) is 5.53. The Balaban J connectivity index is 1.85. The minimum Gasteiger partial charge on any atom is -0.493 e. The fourth-order valence-corrected chi connectivity index (χ4v) is 3.18. The molecule has 0 saturated carbocycles. The summed E-state index contributed by atoms with van der Waals surface area (Å²) in [5.41, 5.74) is 3.83. The molecule has 0 aromatic heterocycles. The van der Waals surface area contributed by atoms with E-state index >= 15 is 0 Å². The number of unbranched alkanes of at least 4 members (excludes halogenated alkanes) is 1. The SMILES string of the molecule is CCCCOc1cc(N=O)c(CN2CCc3ccccc32)cc1OC. The van der Waals surface area contributed by atoms with Crippen LogP contribution in [0.5, 0.6) is 11.5 Å². The summed E-state index contributed by atoms with van der Waals surface area (Å²) < 4.78 is 11.2. The molecule has 1 aliphatic heterocycles. The highest BCUT2D eigenvalue weighted by Gasteiger charge is 2.21. The Morgan fingerprint density at radius 1 is 1.20 bits per heavy atom. The molecule has 5 nitrogen and oxygen atoms in total. The van der Waals surface area contributed by atoms with E-state index in [2.05, 4.69) is 35.2 Å².